The maximum Gasteiger partial charge on any atom is 0.141 e. The Labute approximate surface area is 107 Å². The van der Waals surface area contributed by atoms with E-state index in [2.05, 4.69) is 42.6 Å². The minimum atomic E-state index is 0.862. The van der Waals surface area contributed by atoms with Crippen LogP contribution in [-0.2, 0) is 0 Å². The van der Waals surface area contributed by atoms with E-state index in [4.69, 9.17) is 0 Å². The van der Waals surface area contributed by atoms with Crippen LogP contribution < -0.4 is 4.90 Å². The van der Waals surface area contributed by atoms with E-state index < -0.39 is 0 Å². The molecule has 2 rings (SSSR count). The molecular weight excluding hydrogens is 230 g/mol. The number of anilines is 1. The van der Waals surface area contributed by atoms with Crippen molar-refractivity contribution in [3.63, 3.8) is 0 Å². The molecule has 17 heavy (non-hydrogen) atoms. The summed E-state index contributed by atoms with van der Waals surface area (Å²) >= 11 is 1.77. The van der Waals surface area contributed by atoms with E-state index in [0.717, 1.165) is 29.6 Å². The summed E-state index contributed by atoms with van der Waals surface area (Å²) in [4.78, 5) is 14.0. The molecule has 0 N–H and O–H groups in total. The van der Waals surface area contributed by atoms with Crippen LogP contribution in [-0.4, -0.2) is 23.1 Å². The van der Waals surface area contributed by atoms with E-state index in [-0.39, 0.29) is 0 Å². The molecule has 0 spiro atoms. The molecule has 0 atom stereocenters. The molecule has 0 bridgehead atoms. The number of hydrogen-bond donors (Lipinski definition) is 0. The van der Waals surface area contributed by atoms with Gasteiger partial charge in [-0.2, -0.15) is 0 Å². The van der Waals surface area contributed by atoms with Crippen molar-refractivity contribution in [1.29, 1.82) is 0 Å². The van der Waals surface area contributed by atoms with Crippen molar-refractivity contribution in [3.05, 3.63) is 16.3 Å². The maximum absolute atomic E-state index is 4.64. The van der Waals surface area contributed by atoms with Gasteiger partial charge in [0, 0.05) is 18.0 Å². The van der Waals surface area contributed by atoms with Gasteiger partial charge in [0.15, 0.2) is 0 Å². The van der Waals surface area contributed by atoms with E-state index in [1.165, 1.54) is 15.8 Å². The van der Waals surface area contributed by atoms with Crippen molar-refractivity contribution in [2.24, 2.45) is 0 Å². The third-order valence-electron chi connectivity index (χ3n) is 3.18. The standard InChI is InChI=1S/C13H19N3S/c1-6-16(7-2)12-11-8(3)9(4)17-13(11)15-10(5)14-12/h6-7H2,1-5H3. The van der Waals surface area contributed by atoms with Crippen LogP contribution in [0.4, 0.5) is 5.82 Å². The van der Waals surface area contributed by atoms with Crippen LogP contribution in [0.25, 0.3) is 10.2 Å². The molecule has 0 aliphatic heterocycles. The third-order valence-corrected chi connectivity index (χ3v) is 4.29. The molecule has 0 saturated heterocycles. The molecular formula is C13H19N3S. The van der Waals surface area contributed by atoms with Gasteiger partial charge in [0.25, 0.3) is 0 Å². The molecule has 0 aromatic carbocycles. The van der Waals surface area contributed by atoms with Gasteiger partial charge in [-0.25, -0.2) is 9.97 Å². The van der Waals surface area contributed by atoms with Crippen molar-refractivity contribution in [1.82, 2.24) is 9.97 Å². The van der Waals surface area contributed by atoms with E-state index in [1.807, 2.05) is 6.92 Å². The highest BCUT2D eigenvalue weighted by molar-refractivity contribution is 7.18. The van der Waals surface area contributed by atoms with Gasteiger partial charge < -0.3 is 4.90 Å². The van der Waals surface area contributed by atoms with Crippen molar-refractivity contribution in [3.8, 4) is 0 Å². The zero-order chi connectivity index (χ0) is 12.6. The summed E-state index contributed by atoms with van der Waals surface area (Å²) in [7, 11) is 0. The first-order valence-electron chi connectivity index (χ1n) is 6.07. The predicted octanol–water partition coefficient (Wildman–Crippen LogP) is 3.46. The molecule has 4 heteroatoms. The summed E-state index contributed by atoms with van der Waals surface area (Å²) in [5.41, 5.74) is 1.33. The van der Waals surface area contributed by atoms with E-state index in [0.29, 0.717) is 0 Å². The first kappa shape index (κ1) is 12.3. The summed E-state index contributed by atoms with van der Waals surface area (Å²) in [6, 6.07) is 0. The fourth-order valence-electron chi connectivity index (χ4n) is 2.08. The number of hydrogen-bond acceptors (Lipinski definition) is 4. The first-order valence-corrected chi connectivity index (χ1v) is 6.89. The van der Waals surface area contributed by atoms with Crippen molar-refractivity contribution < 1.29 is 0 Å². The fourth-order valence-corrected chi connectivity index (χ4v) is 3.15. The highest BCUT2D eigenvalue weighted by Gasteiger charge is 2.16. The van der Waals surface area contributed by atoms with Crippen molar-refractivity contribution >= 4 is 27.4 Å². The van der Waals surface area contributed by atoms with Crippen LogP contribution in [0, 0.1) is 20.8 Å². The predicted molar refractivity (Wildman–Crippen MR) is 75.2 cm³/mol. The monoisotopic (exact) mass is 249 g/mol. The lowest BCUT2D eigenvalue weighted by molar-refractivity contribution is 0.843. The van der Waals surface area contributed by atoms with Crippen LogP contribution in [0.1, 0.15) is 30.1 Å². The summed E-state index contributed by atoms with van der Waals surface area (Å²) < 4.78 is 0. The average Bonchev–Trinajstić information content (AvgIpc) is 2.56. The molecule has 0 amide bonds. The van der Waals surface area contributed by atoms with Crippen LogP contribution in [0.15, 0.2) is 0 Å². The zero-order valence-electron chi connectivity index (χ0n) is 11.2. The molecule has 0 aliphatic carbocycles. The SMILES string of the molecule is CCN(CC)c1nc(C)nc2sc(C)c(C)c12. The van der Waals surface area contributed by atoms with E-state index >= 15 is 0 Å². The third kappa shape index (κ3) is 2.02. The molecule has 0 radical (unpaired) electrons. The molecule has 0 unspecified atom stereocenters. The topological polar surface area (TPSA) is 29.0 Å². The smallest absolute Gasteiger partial charge is 0.141 e. The average molecular weight is 249 g/mol. The lowest BCUT2D eigenvalue weighted by Gasteiger charge is -2.21. The van der Waals surface area contributed by atoms with E-state index in [1.54, 1.807) is 11.3 Å². The number of nitrogens with zero attached hydrogens (tertiary/aromatic N) is 3. The highest BCUT2D eigenvalue weighted by atomic mass is 32.1. The van der Waals surface area contributed by atoms with Crippen molar-refractivity contribution in [2.45, 2.75) is 34.6 Å². The second-order valence-electron chi connectivity index (χ2n) is 4.23. The lowest BCUT2D eigenvalue weighted by atomic mass is 10.2. The lowest BCUT2D eigenvalue weighted by Crippen LogP contribution is -2.23. The molecule has 0 aliphatic rings. The quantitative estimate of drug-likeness (QED) is 0.834. The minimum absolute atomic E-state index is 0.862. The number of fused-ring (bicyclic) bond motifs is 1. The Balaban J connectivity index is 2.75. The van der Waals surface area contributed by atoms with Crippen LogP contribution >= 0.6 is 11.3 Å². The second-order valence-corrected chi connectivity index (χ2v) is 5.43. The largest absolute Gasteiger partial charge is 0.357 e. The molecule has 92 valence electrons. The highest BCUT2D eigenvalue weighted by Crippen LogP contribution is 2.34. The summed E-state index contributed by atoms with van der Waals surface area (Å²) in [6.07, 6.45) is 0. The number of thiophene rings is 1. The minimum Gasteiger partial charge on any atom is -0.357 e. The Morgan fingerprint density at radius 3 is 2.29 bits per heavy atom. The Morgan fingerprint density at radius 2 is 1.71 bits per heavy atom. The van der Waals surface area contributed by atoms with Crippen molar-refractivity contribution in [2.75, 3.05) is 18.0 Å². The summed E-state index contributed by atoms with van der Waals surface area (Å²) in [5, 5.41) is 1.24. The molecule has 2 heterocycles. The van der Waals surface area contributed by atoms with Gasteiger partial charge in [-0.15, -0.1) is 11.3 Å². The van der Waals surface area contributed by atoms with Gasteiger partial charge in [-0.1, -0.05) is 0 Å². The molecule has 2 aromatic rings. The maximum atomic E-state index is 4.64. The van der Waals surface area contributed by atoms with Gasteiger partial charge in [0.05, 0.1) is 5.39 Å². The van der Waals surface area contributed by atoms with Gasteiger partial charge in [-0.3, -0.25) is 0 Å². The van der Waals surface area contributed by atoms with Crippen LogP contribution in [0.3, 0.4) is 0 Å². The molecule has 0 fully saturated rings. The van der Waals surface area contributed by atoms with Crippen LogP contribution in [0.5, 0.6) is 0 Å². The summed E-state index contributed by atoms with van der Waals surface area (Å²) in [5.74, 6) is 1.96. The van der Waals surface area contributed by atoms with E-state index in [9.17, 15) is 0 Å². The number of aryl methyl sites for hydroxylation is 3. The normalized spacial score (nSPS) is 11.1. The van der Waals surface area contributed by atoms with Crippen LogP contribution in [0.2, 0.25) is 0 Å². The Hall–Kier alpha value is -1.16. The van der Waals surface area contributed by atoms with Gasteiger partial charge in [0.2, 0.25) is 0 Å². The molecule has 3 nitrogen and oxygen atoms in total. The first-order chi connectivity index (χ1) is 8.08. The summed E-state index contributed by atoms with van der Waals surface area (Å²) in [6.45, 7) is 12.6. The second kappa shape index (κ2) is 4.61. The van der Waals surface area contributed by atoms with Gasteiger partial charge >= 0.3 is 0 Å². The Kier molecular flexibility index (Phi) is 3.33. The Morgan fingerprint density at radius 1 is 1.06 bits per heavy atom. The van der Waals surface area contributed by atoms with Gasteiger partial charge in [-0.05, 0) is 40.2 Å². The fraction of sp³-hybridized carbons (Fsp3) is 0.538. The number of aromatic nitrogens is 2. The molecule has 0 saturated carbocycles. The molecule has 2 aromatic heterocycles. The zero-order valence-corrected chi connectivity index (χ0v) is 12.0. The van der Waals surface area contributed by atoms with Gasteiger partial charge in [0.1, 0.15) is 16.5 Å². The Bertz CT molecular complexity index is 541. The number of rotatable bonds is 3.